The molecule has 0 saturated carbocycles. The Bertz CT molecular complexity index is 1950. The fraction of sp³-hybridized carbons (Fsp3) is 0.462. The first-order chi connectivity index (χ1) is 28.1. The summed E-state index contributed by atoms with van der Waals surface area (Å²) in [6.45, 7) is 0. The summed E-state index contributed by atoms with van der Waals surface area (Å²) in [6.07, 6.45) is -18.4. The van der Waals surface area contributed by atoms with Crippen molar-refractivity contribution in [2.75, 3.05) is 0 Å². The second-order valence-electron chi connectivity index (χ2n) is 11.6. The van der Waals surface area contributed by atoms with E-state index in [2.05, 4.69) is 9.31 Å². The fourth-order valence-electron chi connectivity index (χ4n) is 3.99. The second kappa shape index (κ2) is 16.9. The summed E-state index contributed by atoms with van der Waals surface area (Å²) < 4.78 is 409. The van der Waals surface area contributed by atoms with E-state index in [0.29, 0.717) is 12.1 Å². The van der Waals surface area contributed by atoms with Crippen LogP contribution in [0.5, 0.6) is 0 Å². The van der Waals surface area contributed by atoms with Crippen molar-refractivity contribution >= 4 is 60.7 Å². The summed E-state index contributed by atoms with van der Waals surface area (Å²) in [5.74, 6) is -94.7. The van der Waals surface area contributed by atoms with E-state index in [4.69, 9.17) is 0 Å². The van der Waals surface area contributed by atoms with Gasteiger partial charge in [-0.1, -0.05) is 0 Å². The molecule has 0 fully saturated rings. The van der Waals surface area contributed by atoms with Crippen molar-refractivity contribution in [3.05, 3.63) is 46.2 Å². The third-order valence-electron chi connectivity index (χ3n) is 7.38. The molecule has 38 heteroatoms. The topological polar surface area (TPSA) is 52.6 Å². The lowest BCUT2D eigenvalue weighted by Crippen LogP contribution is -2.71. The van der Waals surface area contributed by atoms with Crippen LogP contribution in [0.25, 0.3) is 21.3 Å². The van der Waals surface area contributed by atoms with E-state index in [1.807, 2.05) is 0 Å². The minimum Gasteiger partial charge on any atom is -0.504 e. The first-order valence-corrected chi connectivity index (χ1v) is 16.2. The van der Waals surface area contributed by atoms with Crippen LogP contribution in [0.15, 0.2) is 36.4 Å². The molecule has 0 aliphatic carbocycles. The monoisotopic (exact) mass is 1040 g/mol. The number of thiophene rings is 2. The molecule has 0 aromatic carbocycles. The summed E-state index contributed by atoms with van der Waals surface area (Å²) in [4.78, 5) is 19.8. The number of carbonyl (C=O) groups is 2. The Balaban J connectivity index is 2.66. The number of carbonyl (C=O) groups excluding carboxylic acids is 2. The molecule has 2 aromatic rings. The van der Waals surface area contributed by atoms with Crippen LogP contribution < -0.4 is 0 Å². The maximum Gasteiger partial charge on any atom is 0.796 e. The summed E-state index contributed by atoms with van der Waals surface area (Å²) in [5.41, 5.74) is 0. The Morgan fingerprint density at radius 1 is 0.391 bits per heavy atom. The molecule has 0 spiro atoms. The lowest BCUT2D eigenvalue weighted by molar-refractivity contribution is -0.435. The Labute approximate surface area is 338 Å². The molecule has 362 valence electrons. The van der Waals surface area contributed by atoms with Crippen LogP contribution in [0.2, 0.25) is 0 Å². The SMILES string of the molecule is O=C(/C=C(\OB(F)F)c1ccc(-c2ccc(/C(=C/C(=O)C(F)(F)C(F)(F)C(F)(F)C(F)(F)C(F)(F)C(F)(F)F)OB(F)F)s2)s1)C(F)(F)C(F)(F)C(F)(F)C(F)(F)C(F)(F)C(F)(F)F. The van der Waals surface area contributed by atoms with Gasteiger partial charge in [-0.25, -0.2) is 17.3 Å². The van der Waals surface area contributed by atoms with Crippen LogP contribution in [0.3, 0.4) is 0 Å². The molecule has 2 rings (SSSR count). The van der Waals surface area contributed by atoms with Crippen molar-refractivity contribution in [1.29, 1.82) is 0 Å². The Kier molecular flexibility index (Phi) is 14.8. The highest BCUT2D eigenvalue weighted by molar-refractivity contribution is 7.23. The normalized spacial score (nSPS) is 15.3. The van der Waals surface area contributed by atoms with Gasteiger partial charge in [-0.15, -0.1) is 22.7 Å². The van der Waals surface area contributed by atoms with Crippen LogP contribution in [-0.2, 0) is 18.9 Å². The number of hydrogen-bond donors (Lipinski definition) is 0. The van der Waals surface area contributed by atoms with E-state index in [-0.39, 0.29) is 34.8 Å². The first-order valence-electron chi connectivity index (χ1n) is 14.6. The van der Waals surface area contributed by atoms with Gasteiger partial charge in [0, 0.05) is 21.9 Å². The molecule has 0 aliphatic heterocycles. The number of hydrogen-bond acceptors (Lipinski definition) is 6. The predicted octanol–water partition coefficient (Wildman–Crippen LogP) is 12.7. The maximum atomic E-state index is 14.3. The van der Waals surface area contributed by atoms with Gasteiger partial charge in [0.25, 0.3) is 0 Å². The van der Waals surface area contributed by atoms with E-state index in [1.54, 1.807) is 0 Å². The van der Waals surface area contributed by atoms with Crippen LogP contribution in [-0.4, -0.2) is 98.1 Å². The Morgan fingerprint density at radius 2 is 0.625 bits per heavy atom. The molecular weight excluding hydrogens is 1030 g/mol. The van der Waals surface area contributed by atoms with Gasteiger partial charge in [0.15, 0.2) is 0 Å². The van der Waals surface area contributed by atoms with E-state index < -0.39 is 141 Å². The van der Waals surface area contributed by atoms with Crippen LogP contribution in [0.1, 0.15) is 9.75 Å². The molecule has 0 bridgehead atoms. The number of alkyl halides is 26. The molecule has 2 heterocycles. The molecule has 2 aromatic heterocycles. The third kappa shape index (κ3) is 9.04. The zero-order valence-corrected chi connectivity index (χ0v) is 30.0. The molecule has 64 heavy (non-hydrogen) atoms. The van der Waals surface area contributed by atoms with E-state index in [1.165, 1.54) is 0 Å². The van der Waals surface area contributed by atoms with Crippen molar-refractivity contribution in [2.45, 2.75) is 71.6 Å². The molecule has 0 aliphatic rings. The zero-order valence-electron chi connectivity index (χ0n) is 28.4. The molecule has 0 atom stereocenters. The smallest absolute Gasteiger partial charge is 0.504 e. The van der Waals surface area contributed by atoms with Crippen LogP contribution in [0.4, 0.5) is 131 Å². The van der Waals surface area contributed by atoms with Gasteiger partial charge >= 0.3 is 86.5 Å². The maximum absolute atomic E-state index is 14.3. The number of rotatable bonds is 19. The second-order valence-corrected chi connectivity index (χ2v) is 13.7. The van der Waals surface area contributed by atoms with Crippen molar-refractivity contribution < 1.29 is 150 Å². The summed E-state index contributed by atoms with van der Waals surface area (Å²) in [7, 11) is -8.81. The molecule has 0 radical (unpaired) electrons. The number of ketones is 2. The highest BCUT2D eigenvalue weighted by Crippen LogP contribution is 2.62. The fourth-order valence-corrected chi connectivity index (χ4v) is 6.01. The number of allylic oxidation sites excluding steroid dienone is 2. The Morgan fingerprint density at radius 3 is 0.844 bits per heavy atom. The van der Waals surface area contributed by atoms with Crippen molar-refractivity contribution in [1.82, 2.24) is 0 Å². The minimum atomic E-state index is -8.53. The van der Waals surface area contributed by atoms with Crippen molar-refractivity contribution in [3.63, 3.8) is 0 Å². The Hall–Kier alpha value is -4.15. The van der Waals surface area contributed by atoms with Gasteiger partial charge in [0.2, 0.25) is 11.6 Å². The summed E-state index contributed by atoms with van der Waals surface area (Å²) >= 11 is -0.604. The summed E-state index contributed by atoms with van der Waals surface area (Å²) in [5, 5.41) is 0. The van der Waals surface area contributed by atoms with Gasteiger partial charge in [-0.2, -0.15) is 114 Å². The lowest BCUT2D eigenvalue weighted by Gasteiger charge is -2.39. The molecule has 0 saturated heterocycles. The molecular formula is C26H6B2F30O4S2. The molecule has 0 unspecified atom stereocenters. The zero-order chi connectivity index (χ0) is 50.8. The molecule has 0 N–H and O–H groups in total. The standard InChI is InChI=1S/C26H6B2F30O4S2/c29-15(30,17(33,34)19(37,38)21(41,42)23(45,46)25(49,50)51)13(59)5-7(61-27(55)56)9-1-3-11(63-9)12-4-2-10(64-12)8(62-28(57)58)6-14(60)16(31,32)18(35,36)20(39,40)22(43,44)24(47,48)26(52,53)54/h1-6H/b7-5-,8-6-. The van der Waals surface area contributed by atoms with Gasteiger partial charge in [0.05, 0.1) is 9.75 Å². The predicted molar refractivity (Wildman–Crippen MR) is 153 cm³/mol. The van der Waals surface area contributed by atoms with Crippen molar-refractivity contribution in [2.24, 2.45) is 0 Å². The van der Waals surface area contributed by atoms with Crippen LogP contribution >= 0.6 is 22.7 Å². The number of halogens is 30. The van der Waals surface area contributed by atoms with E-state index >= 15 is 0 Å². The lowest BCUT2D eigenvalue weighted by atomic mass is 9.92. The first kappa shape index (κ1) is 56.0. The minimum absolute atomic E-state index is 0.251. The molecule has 4 nitrogen and oxygen atoms in total. The van der Waals surface area contributed by atoms with Crippen LogP contribution in [0, 0.1) is 0 Å². The van der Waals surface area contributed by atoms with E-state index in [0.717, 1.165) is 0 Å². The average Bonchev–Trinajstić information content (AvgIpc) is 3.80. The average molecular weight is 1040 g/mol. The highest BCUT2D eigenvalue weighted by atomic mass is 32.1. The quantitative estimate of drug-likeness (QED) is 0.0609. The van der Waals surface area contributed by atoms with Gasteiger partial charge in [0.1, 0.15) is 11.5 Å². The van der Waals surface area contributed by atoms with Gasteiger partial charge in [-0.3, -0.25) is 9.59 Å². The molecule has 0 amide bonds. The van der Waals surface area contributed by atoms with E-state index in [9.17, 15) is 141 Å². The van der Waals surface area contributed by atoms with Gasteiger partial charge in [-0.05, 0) is 24.3 Å². The highest BCUT2D eigenvalue weighted by Gasteiger charge is 2.93. The third-order valence-corrected chi connectivity index (χ3v) is 9.78. The summed E-state index contributed by atoms with van der Waals surface area (Å²) in [6, 6.07) is 1.42. The van der Waals surface area contributed by atoms with Gasteiger partial charge < -0.3 is 9.31 Å². The largest absolute Gasteiger partial charge is 0.796 e. The van der Waals surface area contributed by atoms with Crippen molar-refractivity contribution in [3.8, 4) is 9.75 Å².